The smallest absolute Gasteiger partial charge is 0.338 e. The van der Waals surface area contributed by atoms with Gasteiger partial charge in [-0.05, 0) is 17.7 Å². The summed E-state index contributed by atoms with van der Waals surface area (Å²) in [5, 5.41) is 8.66. The highest BCUT2D eigenvalue weighted by atomic mass is 19.1. The molecule has 2 aromatic rings. The van der Waals surface area contributed by atoms with Gasteiger partial charge in [-0.15, -0.1) is 0 Å². The Morgan fingerprint density at radius 1 is 1.19 bits per heavy atom. The quantitative estimate of drug-likeness (QED) is 0.837. The summed E-state index contributed by atoms with van der Waals surface area (Å²) in [4.78, 5) is 18.2. The van der Waals surface area contributed by atoms with E-state index in [0.29, 0.717) is 11.1 Å². The number of nitrogens with zero attached hydrogens (tertiary/aromatic N) is 2. The van der Waals surface area contributed by atoms with Crippen LogP contribution >= 0.6 is 0 Å². The maximum absolute atomic E-state index is 13.4. The molecule has 1 aromatic carbocycles. The van der Waals surface area contributed by atoms with Crippen molar-refractivity contribution in [3.05, 3.63) is 48.3 Å². The molecule has 0 aliphatic carbocycles. The molecule has 0 bridgehead atoms. The lowest BCUT2D eigenvalue weighted by atomic mass is 10.1. The first-order chi connectivity index (χ1) is 7.68. The van der Waals surface area contributed by atoms with Gasteiger partial charge < -0.3 is 5.11 Å². The Hall–Kier alpha value is -2.30. The molecule has 1 N–H and O–H groups in total. The number of hydrogen-bond acceptors (Lipinski definition) is 3. The molecule has 0 saturated carbocycles. The Kier molecular flexibility index (Phi) is 2.59. The lowest BCUT2D eigenvalue weighted by Crippen LogP contribution is -2.00. The lowest BCUT2D eigenvalue weighted by Gasteiger charge is -2.02. The van der Waals surface area contributed by atoms with Crippen LogP contribution in [0.3, 0.4) is 0 Å². The summed E-state index contributed by atoms with van der Waals surface area (Å²) in [7, 11) is 0. The predicted molar refractivity (Wildman–Crippen MR) is 54.4 cm³/mol. The molecule has 0 atom stereocenters. The van der Waals surface area contributed by atoms with Crippen molar-refractivity contribution < 1.29 is 14.3 Å². The second-order valence-electron chi connectivity index (χ2n) is 3.13. The van der Waals surface area contributed by atoms with Gasteiger partial charge in [0.1, 0.15) is 12.1 Å². The third-order valence-electron chi connectivity index (χ3n) is 2.09. The largest absolute Gasteiger partial charge is 0.478 e. The third-order valence-corrected chi connectivity index (χ3v) is 2.09. The Labute approximate surface area is 90.4 Å². The zero-order valence-corrected chi connectivity index (χ0v) is 8.09. The summed E-state index contributed by atoms with van der Waals surface area (Å²) in [6.45, 7) is 0. The van der Waals surface area contributed by atoms with Crippen molar-refractivity contribution in [2.75, 3.05) is 0 Å². The lowest BCUT2D eigenvalue weighted by molar-refractivity contribution is 0.0692. The molecule has 0 aliphatic rings. The van der Waals surface area contributed by atoms with Crippen molar-refractivity contribution in [2.24, 2.45) is 0 Å². The zero-order chi connectivity index (χ0) is 11.5. The van der Waals surface area contributed by atoms with E-state index in [9.17, 15) is 9.18 Å². The van der Waals surface area contributed by atoms with Gasteiger partial charge in [0.15, 0.2) is 0 Å². The fraction of sp³-hybridized carbons (Fsp3) is 0. The Morgan fingerprint density at radius 3 is 2.44 bits per heavy atom. The molecule has 0 radical (unpaired) electrons. The molecule has 1 heterocycles. The molecule has 0 amide bonds. The van der Waals surface area contributed by atoms with Gasteiger partial charge in [0.25, 0.3) is 0 Å². The molecular formula is C11H7FN2O2. The Balaban J connectivity index is 2.46. The Bertz CT molecular complexity index is 529. The third kappa shape index (κ3) is 1.88. The summed E-state index contributed by atoms with van der Waals surface area (Å²) in [6, 6.07) is 3.90. The average Bonchev–Trinajstić information content (AvgIpc) is 2.29. The van der Waals surface area contributed by atoms with E-state index in [1.807, 2.05) is 0 Å². The van der Waals surface area contributed by atoms with Crippen LogP contribution in [0.1, 0.15) is 10.4 Å². The molecule has 0 spiro atoms. The number of halogens is 1. The number of hydrogen-bond donors (Lipinski definition) is 1. The van der Waals surface area contributed by atoms with Gasteiger partial charge in [-0.3, -0.25) is 0 Å². The van der Waals surface area contributed by atoms with Crippen molar-refractivity contribution in [2.45, 2.75) is 0 Å². The molecule has 4 nitrogen and oxygen atoms in total. The summed E-state index contributed by atoms with van der Waals surface area (Å²) in [5.41, 5.74) is 0.835. The van der Waals surface area contributed by atoms with Crippen molar-refractivity contribution in [3.8, 4) is 11.1 Å². The van der Waals surface area contributed by atoms with Crippen molar-refractivity contribution in [1.29, 1.82) is 0 Å². The van der Waals surface area contributed by atoms with Gasteiger partial charge in [-0.25, -0.2) is 19.2 Å². The van der Waals surface area contributed by atoms with Crippen LogP contribution < -0.4 is 0 Å². The highest BCUT2D eigenvalue weighted by Gasteiger charge is 2.10. The molecule has 5 heteroatoms. The van der Waals surface area contributed by atoms with E-state index < -0.39 is 11.8 Å². The van der Waals surface area contributed by atoms with E-state index in [2.05, 4.69) is 9.97 Å². The van der Waals surface area contributed by atoms with E-state index >= 15 is 0 Å². The maximum atomic E-state index is 13.4. The van der Waals surface area contributed by atoms with Gasteiger partial charge in [0.2, 0.25) is 0 Å². The van der Waals surface area contributed by atoms with E-state index in [4.69, 9.17) is 5.11 Å². The number of rotatable bonds is 2. The van der Waals surface area contributed by atoms with Crippen LogP contribution in [0.5, 0.6) is 0 Å². The van der Waals surface area contributed by atoms with E-state index in [1.165, 1.54) is 30.9 Å². The van der Waals surface area contributed by atoms with Crippen LogP contribution in [0.2, 0.25) is 0 Å². The second-order valence-corrected chi connectivity index (χ2v) is 3.13. The van der Waals surface area contributed by atoms with Crippen LogP contribution in [0.15, 0.2) is 36.9 Å². The normalized spacial score (nSPS) is 10.1. The van der Waals surface area contributed by atoms with Crippen molar-refractivity contribution in [3.63, 3.8) is 0 Å². The first-order valence-corrected chi connectivity index (χ1v) is 4.46. The standard InChI is InChI=1S/C11H7FN2O2/c12-10-3-7(1-2-9(10)11(15)16)8-4-13-6-14-5-8/h1-6H,(H,15,16). The molecule has 80 valence electrons. The van der Waals surface area contributed by atoms with Crippen LogP contribution in [-0.2, 0) is 0 Å². The van der Waals surface area contributed by atoms with Gasteiger partial charge in [-0.2, -0.15) is 0 Å². The van der Waals surface area contributed by atoms with Gasteiger partial charge in [0.05, 0.1) is 5.56 Å². The molecule has 0 aliphatic heterocycles. The topological polar surface area (TPSA) is 63.1 Å². The van der Waals surface area contributed by atoms with Gasteiger partial charge in [-0.1, -0.05) is 6.07 Å². The van der Waals surface area contributed by atoms with E-state index in [1.54, 1.807) is 0 Å². The van der Waals surface area contributed by atoms with E-state index in [0.717, 1.165) is 6.07 Å². The SMILES string of the molecule is O=C(O)c1ccc(-c2cncnc2)cc1F. The first kappa shape index (κ1) is 10.2. The highest BCUT2D eigenvalue weighted by molar-refractivity contribution is 5.88. The fourth-order valence-corrected chi connectivity index (χ4v) is 1.32. The predicted octanol–water partition coefficient (Wildman–Crippen LogP) is 1.98. The van der Waals surface area contributed by atoms with Crippen LogP contribution in [0.4, 0.5) is 4.39 Å². The maximum Gasteiger partial charge on any atom is 0.338 e. The summed E-state index contributed by atoms with van der Waals surface area (Å²) < 4.78 is 13.4. The van der Waals surface area contributed by atoms with Crippen LogP contribution in [0, 0.1) is 5.82 Å². The van der Waals surface area contributed by atoms with Crippen LogP contribution in [0.25, 0.3) is 11.1 Å². The molecular weight excluding hydrogens is 211 g/mol. The fourth-order valence-electron chi connectivity index (χ4n) is 1.32. The van der Waals surface area contributed by atoms with Crippen LogP contribution in [-0.4, -0.2) is 21.0 Å². The minimum absolute atomic E-state index is 0.347. The van der Waals surface area contributed by atoms with Gasteiger partial charge in [0, 0.05) is 18.0 Å². The first-order valence-electron chi connectivity index (χ1n) is 4.46. The minimum atomic E-state index is -1.28. The second kappa shape index (κ2) is 4.06. The van der Waals surface area contributed by atoms with Gasteiger partial charge >= 0.3 is 5.97 Å². The molecule has 16 heavy (non-hydrogen) atoms. The van der Waals surface area contributed by atoms with Crippen molar-refractivity contribution in [1.82, 2.24) is 9.97 Å². The number of aromatic carboxylic acids is 1. The number of carbonyl (C=O) groups is 1. The average molecular weight is 218 g/mol. The number of carboxylic acid groups (broad SMARTS) is 1. The number of benzene rings is 1. The number of carboxylic acids is 1. The highest BCUT2D eigenvalue weighted by Crippen LogP contribution is 2.20. The summed E-state index contributed by atoms with van der Waals surface area (Å²) >= 11 is 0. The molecule has 1 aromatic heterocycles. The Morgan fingerprint density at radius 2 is 1.88 bits per heavy atom. The monoisotopic (exact) mass is 218 g/mol. The molecule has 0 fully saturated rings. The summed E-state index contributed by atoms with van der Waals surface area (Å²) in [6.07, 6.45) is 4.43. The summed E-state index contributed by atoms with van der Waals surface area (Å²) in [5.74, 6) is -2.05. The van der Waals surface area contributed by atoms with E-state index in [-0.39, 0.29) is 5.56 Å². The number of aromatic nitrogens is 2. The molecule has 0 unspecified atom stereocenters. The zero-order valence-electron chi connectivity index (χ0n) is 8.09. The van der Waals surface area contributed by atoms with Crippen molar-refractivity contribution >= 4 is 5.97 Å². The molecule has 2 rings (SSSR count). The minimum Gasteiger partial charge on any atom is -0.478 e. The molecule has 0 saturated heterocycles.